The van der Waals surface area contributed by atoms with Gasteiger partial charge in [-0.15, -0.1) is 0 Å². The zero-order chi connectivity index (χ0) is 24.4. The number of para-hydroxylation sites is 1. The smallest absolute Gasteiger partial charge is 0.335 e. The van der Waals surface area contributed by atoms with Gasteiger partial charge in [-0.1, -0.05) is 30.3 Å². The highest BCUT2D eigenvalue weighted by Crippen LogP contribution is 2.33. The number of carbonyl (C=O) groups excluding carboxylic acids is 3. The highest BCUT2D eigenvalue weighted by Gasteiger charge is 2.36. The van der Waals surface area contributed by atoms with E-state index >= 15 is 0 Å². The van der Waals surface area contributed by atoms with Crippen molar-refractivity contribution in [3.8, 4) is 11.3 Å². The third kappa shape index (κ3) is 4.79. The molecule has 0 radical (unpaired) electrons. The van der Waals surface area contributed by atoms with E-state index in [9.17, 15) is 19.2 Å². The molecule has 1 aliphatic rings. The van der Waals surface area contributed by atoms with E-state index in [2.05, 4.69) is 5.32 Å². The number of carboxylic acids is 1. The summed E-state index contributed by atoms with van der Waals surface area (Å²) in [5.41, 5.74) is 3.10. The Bertz CT molecular complexity index is 1340. The van der Waals surface area contributed by atoms with Crippen LogP contribution in [0.15, 0.2) is 63.9 Å². The monoisotopic (exact) mass is 476 g/mol. The molecule has 8 nitrogen and oxygen atoms in total. The number of benzene rings is 2. The Morgan fingerprint density at radius 2 is 1.76 bits per heavy atom. The summed E-state index contributed by atoms with van der Waals surface area (Å²) in [7, 11) is 0. The van der Waals surface area contributed by atoms with Gasteiger partial charge in [-0.05, 0) is 61.0 Å². The summed E-state index contributed by atoms with van der Waals surface area (Å²) in [4.78, 5) is 49.9. The zero-order valence-electron chi connectivity index (χ0n) is 18.3. The van der Waals surface area contributed by atoms with E-state index in [1.54, 1.807) is 24.3 Å². The maximum absolute atomic E-state index is 12.8. The van der Waals surface area contributed by atoms with Crippen molar-refractivity contribution in [2.45, 2.75) is 13.8 Å². The van der Waals surface area contributed by atoms with E-state index < -0.39 is 29.6 Å². The van der Waals surface area contributed by atoms with E-state index in [0.717, 1.165) is 27.8 Å². The number of thioether (sulfide) groups is 1. The van der Waals surface area contributed by atoms with Gasteiger partial charge in [-0.25, -0.2) is 4.79 Å². The average molecular weight is 477 g/mol. The molecule has 0 aliphatic carbocycles. The molecule has 3 amide bonds. The topological polar surface area (TPSA) is 117 Å². The van der Waals surface area contributed by atoms with Crippen LogP contribution in [0.5, 0.6) is 0 Å². The van der Waals surface area contributed by atoms with Crippen LogP contribution < -0.4 is 5.32 Å². The number of hydrogen-bond acceptors (Lipinski definition) is 6. The van der Waals surface area contributed by atoms with Crippen LogP contribution in [0.3, 0.4) is 0 Å². The Morgan fingerprint density at radius 1 is 1.06 bits per heavy atom. The number of aromatic carboxylic acids is 1. The Labute approximate surface area is 199 Å². The van der Waals surface area contributed by atoms with Gasteiger partial charge in [0.1, 0.15) is 18.1 Å². The lowest BCUT2D eigenvalue weighted by Crippen LogP contribution is -2.36. The molecule has 1 aliphatic heterocycles. The van der Waals surface area contributed by atoms with Crippen molar-refractivity contribution < 1.29 is 28.7 Å². The number of furan rings is 1. The van der Waals surface area contributed by atoms with Crippen LogP contribution in [-0.2, 0) is 9.59 Å². The van der Waals surface area contributed by atoms with Crippen molar-refractivity contribution >= 4 is 46.5 Å². The lowest BCUT2D eigenvalue weighted by Gasteiger charge is -2.15. The maximum atomic E-state index is 12.8. The molecule has 2 heterocycles. The highest BCUT2D eigenvalue weighted by molar-refractivity contribution is 8.18. The van der Waals surface area contributed by atoms with Gasteiger partial charge in [0, 0.05) is 17.3 Å². The maximum Gasteiger partial charge on any atom is 0.335 e. The minimum atomic E-state index is -1.05. The molecule has 2 aromatic carbocycles. The van der Waals surface area contributed by atoms with Gasteiger partial charge in [0.2, 0.25) is 5.91 Å². The number of amides is 3. The second-order valence-electron chi connectivity index (χ2n) is 7.67. The number of nitrogens with one attached hydrogen (secondary N) is 1. The molecule has 3 aromatic rings. The van der Waals surface area contributed by atoms with Crippen LogP contribution >= 0.6 is 11.8 Å². The second-order valence-corrected chi connectivity index (χ2v) is 8.66. The van der Waals surface area contributed by atoms with Crippen molar-refractivity contribution in [1.29, 1.82) is 0 Å². The van der Waals surface area contributed by atoms with Gasteiger partial charge in [0.05, 0.1) is 10.5 Å². The number of anilines is 1. The molecule has 0 spiro atoms. The average Bonchev–Trinajstić information content (AvgIpc) is 3.37. The fourth-order valence-corrected chi connectivity index (χ4v) is 4.31. The Kier molecular flexibility index (Phi) is 6.38. The summed E-state index contributed by atoms with van der Waals surface area (Å²) in [6.45, 7) is 3.32. The van der Waals surface area contributed by atoms with Crippen molar-refractivity contribution in [2.24, 2.45) is 0 Å². The highest BCUT2D eigenvalue weighted by atomic mass is 32.2. The number of aryl methyl sites for hydroxylation is 2. The molecular weight excluding hydrogens is 456 g/mol. The number of carbonyl (C=O) groups is 4. The summed E-state index contributed by atoms with van der Waals surface area (Å²) in [5.74, 6) is -1.37. The van der Waals surface area contributed by atoms with Gasteiger partial charge in [-0.3, -0.25) is 19.3 Å². The summed E-state index contributed by atoms with van der Waals surface area (Å²) in [6, 6.07) is 15.1. The van der Waals surface area contributed by atoms with E-state index in [0.29, 0.717) is 22.8 Å². The predicted molar refractivity (Wildman–Crippen MR) is 128 cm³/mol. The Balaban J connectivity index is 1.48. The zero-order valence-corrected chi connectivity index (χ0v) is 19.1. The van der Waals surface area contributed by atoms with Gasteiger partial charge < -0.3 is 14.8 Å². The summed E-state index contributed by atoms with van der Waals surface area (Å²) in [6.07, 6.45) is 1.43. The fourth-order valence-electron chi connectivity index (χ4n) is 3.49. The van der Waals surface area contributed by atoms with E-state index in [4.69, 9.17) is 9.52 Å². The molecule has 0 atom stereocenters. The number of hydrogen-bond donors (Lipinski definition) is 2. The summed E-state index contributed by atoms with van der Waals surface area (Å²) in [5, 5.41) is 11.4. The molecular formula is C25H20N2O6S. The van der Waals surface area contributed by atoms with E-state index in [1.807, 2.05) is 32.0 Å². The normalized spacial score (nSPS) is 14.6. The minimum Gasteiger partial charge on any atom is -0.478 e. The minimum absolute atomic E-state index is 0.121. The van der Waals surface area contributed by atoms with Crippen LogP contribution in [0.1, 0.15) is 27.2 Å². The van der Waals surface area contributed by atoms with Gasteiger partial charge >= 0.3 is 5.97 Å². The number of nitrogens with zero attached hydrogens (tertiary/aromatic N) is 1. The first kappa shape index (κ1) is 23.1. The third-order valence-corrected chi connectivity index (χ3v) is 6.12. The Hall–Kier alpha value is -4.11. The molecule has 9 heteroatoms. The van der Waals surface area contributed by atoms with Crippen molar-refractivity contribution in [3.05, 3.63) is 82.0 Å². The first-order chi connectivity index (χ1) is 16.2. The van der Waals surface area contributed by atoms with Crippen LogP contribution in [0.4, 0.5) is 10.5 Å². The lowest BCUT2D eigenvalue weighted by molar-refractivity contribution is -0.127. The molecule has 1 saturated heterocycles. The largest absolute Gasteiger partial charge is 0.478 e. The third-order valence-electron chi connectivity index (χ3n) is 5.22. The molecule has 4 rings (SSSR count). The summed E-state index contributed by atoms with van der Waals surface area (Å²) >= 11 is 0.723. The first-order valence-electron chi connectivity index (χ1n) is 10.3. The molecule has 172 valence electrons. The molecule has 0 saturated carbocycles. The fraction of sp³-hybridized carbons (Fsp3) is 0.120. The number of rotatable bonds is 6. The van der Waals surface area contributed by atoms with Crippen LogP contribution in [0.2, 0.25) is 0 Å². The van der Waals surface area contributed by atoms with Gasteiger partial charge in [-0.2, -0.15) is 0 Å². The van der Waals surface area contributed by atoms with Crippen LogP contribution in [0, 0.1) is 13.8 Å². The lowest BCUT2D eigenvalue weighted by atomic mass is 10.1. The molecule has 2 N–H and O–H groups in total. The van der Waals surface area contributed by atoms with Crippen molar-refractivity contribution in [1.82, 2.24) is 4.90 Å². The standard InChI is InChI=1S/C25H20N2O6S/c1-14-5-3-6-15(2)22(14)26-21(28)13-27-23(29)20(34-25(27)32)12-18-9-10-19(33-18)16-7-4-8-17(11-16)24(30)31/h3-12H,13H2,1-2H3,(H,26,28)(H,30,31)/b20-12+. The SMILES string of the molecule is Cc1cccc(C)c1NC(=O)CN1C(=O)S/C(=C/c2ccc(-c3cccc(C(=O)O)c3)o2)C1=O. The second kappa shape index (κ2) is 9.40. The summed E-state index contributed by atoms with van der Waals surface area (Å²) < 4.78 is 5.73. The van der Waals surface area contributed by atoms with Crippen molar-refractivity contribution in [2.75, 3.05) is 11.9 Å². The van der Waals surface area contributed by atoms with Crippen LogP contribution in [-0.4, -0.2) is 39.6 Å². The predicted octanol–water partition coefficient (Wildman–Crippen LogP) is 4.94. The molecule has 0 unspecified atom stereocenters. The van der Waals surface area contributed by atoms with Crippen molar-refractivity contribution in [3.63, 3.8) is 0 Å². The number of carboxylic acid groups (broad SMARTS) is 1. The van der Waals surface area contributed by atoms with Crippen LogP contribution in [0.25, 0.3) is 17.4 Å². The number of imide groups is 1. The van der Waals surface area contributed by atoms with E-state index in [1.165, 1.54) is 18.2 Å². The van der Waals surface area contributed by atoms with Gasteiger partial charge in [0.15, 0.2) is 0 Å². The molecule has 1 aromatic heterocycles. The first-order valence-corrected chi connectivity index (χ1v) is 11.1. The Morgan fingerprint density at radius 3 is 2.47 bits per heavy atom. The van der Waals surface area contributed by atoms with Gasteiger partial charge in [0.25, 0.3) is 11.1 Å². The molecule has 34 heavy (non-hydrogen) atoms. The van der Waals surface area contributed by atoms with E-state index in [-0.39, 0.29) is 10.5 Å². The molecule has 0 bridgehead atoms. The molecule has 1 fully saturated rings. The quantitative estimate of drug-likeness (QED) is 0.484.